The second-order valence-corrected chi connectivity index (χ2v) is 10.2. The van der Waals surface area contributed by atoms with Crippen LogP contribution in [0.25, 0.3) is 0 Å². The number of aromatic hydroxyl groups is 1. The Morgan fingerprint density at radius 3 is 2.17 bits per heavy atom. The van der Waals surface area contributed by atoms with Crippen molar-refractivity contribution < 1.29 is 26.3 Å². The number of phenolic OH excluding ortho intramolecular Hbond substituents is 1. The second kappa shape index (κ2) is 8.31. The molecule has 3 rings (SSSR count). The van der Waals surface area contributed by atoms with Gasteiger partial charge in [0.25, 0.3) is 20.0 Å². The molecular formula is C18H13Cl2FN2O5S2. The van der Waals surface area contributed by atoms with Crippen molar-refractivity contribution in [2.75, 3.05) is 9.44 Å². The molecule has 0 spiro atoms. The molecule has 0 aromatic heterocycles. The van der Waals surface area contributed by atoms with Crippen molar-refractivity contribution in [1.82, 2.24) is 0 Å². The molecule has 0 aliphatic carbocycles. The average molecular weight is 491 g/mol. The van der Waals surface area contributed by atoms with Crippen LogP contribution in [0.4, 0.5) is 15.8 Å². The fourth-order valence-corrected chi connectivity index (χ4v) is 4.97. The number of halogens is 3. The SMILES string of the molecule is O=S(=O)(Nc1cccc(Cl)c1)c1ccc(O)c(NS(=O)(=O)c2ccc(Cl)cc2F)c1. The third-order valence-corrected chi connectivity index (χ3v) is 7.03. The summed E-state index contributed by atoms with van der Waals surface area (Å²) in [6.45, 7) is 0. The van der Waals surface area contributed by atoms with Gasteiger partial charge in [-0.15, -0.1) is 0 Å². The van der Waals surface area contributed by atoms with E-state index in [1.165, 1.54) is 24.3 Å². The molecule has 0 radical (unpaired) electrons. The topological polar surface area (TPSA) is 113 Å². The van der Waals surface area contributed by atoms with E-state index in [-0.39, 0.29) is 15.6 Å². The first-order chi connectivity index (χ1) is 14.0. The zero-order valence-electron chi connectivity index (χ0n) is 14.8. The fourth-order valence-electron chi connectivity index (χ4n) is 2.42. The van der Waals surface area contributed by atoms with E-state index in [1.807, 2.05) is 4.72 Å². The maximum absolute atomic E-state index is 14.0. The molecule has 0 aliphatic rings. The fraction of sp³-hybridized carbons (Fsp3) is 0. The van der Waals surface area contributed by atoms with E-state index in [9.17, 15) is 26.3 Å². The molecule has 3 N–H and O–H groups in total. The number of rotatable bonds is 6. The van der Waals surface area contributed by atoms with Crippen LogP contribution >= 0.6 is 23.2 Å². The summed E-state index contributed by atoms with van der Waals surface area (Å²) in [7, 11) is -8.64. The molecule has 0 atom stereocenters. The predicted molar refractivity (Wildman–Crippen MR) is 113 cm³/mol. The lowest BCUT2D eigenvalue weighted by atomic mass is 10.3. The molecule has 0 amide bonds. The van der Waals surface area contributed by atoms with Crippen molar-refractivity contribution in [3.8, 4) is 5.75 Å². The van der Waals surface area contributed by atoms with Crippen LogP contribution in [-0.2, 0) is 20.0 Å². The summed E-state index contributed by atoms with van der Waals surface area (Å²) in [5.41, 5.74) is -0.278. The van der Waals surface area contributed by atoms with Gasteiger partial charge in [0.1, 0.15) is 16.5 Å². The molecule has 158 valence electrons. The Labute approximate surface area is 182 Å². The minimum atomic E-state index is -4.49. The lowest BCUT2D eigenvalue weighted by molar-refractivity contribution is 0.477. The summed E-state index contributed by atoms with van der Waals surface area (Å²) >= 11 is 11.5. The average Bonchev–Trinajstić information content (AvgIpc) is 2.62. The molecule has 3 aromatic rings. The van der Waals surface area contributed by atoms with Gasteiger partial charge in [0.05, 0.1) is 16.3 Å². The highest BCUT2D eigenvalue weighted by Gasteiger charge is 2.23. The van der Waals surface area contributed by atoms with Gasteiger partial charge in [0.2, 0.25) is 0 Å². The number of hydrogen-bond acceptors (Lipinski definition) is 5. The maximum Gasteiger partial charge on any atom is 0.264 e. The van der Waals surface area contributed by atoms with E-state index >= 15 is 0 Å². The summed E-state index contributed by atoms with van der Waals surface area (Å²) in [6.07, 6.45) is 0. The van der Waals surface area contributed by atoms with Crippen LogP contribution in [0.15, 0.2) is 70.5 Å². The Hall–Kier alpha value is -2.53. The van der Waals surface area contributed by atoms with Gasteiger partial charge in [-0.3, -0.25) is 9.44 Å². The molecule has 0 unspecified atom stereocenters. The van der Waals surface area contributed by atoms with Gasteiger partial charge in [-0.1, -0.05) is 29.3 Å². The lowest BCUT2D eigenvalue weighted by Crippen LogP contribution is -2.16. The summed E-state index contributed by atoms with van der Waals surface area (Å²) in [5, 5.41) is 10.3. The van der Waals surface area contributed by atoms with E-state index in [2.05, 4.69) is 4.72 Å². The highest BCUT2D eigenvalue weighted by atomic mass is 35.5. The van der Waals surface area contributed by atoms with Crippen LogP contribution in [0.5, 0.6) is 5.75 Å². The van der Waals surface area contributed by atoms with Crippen LogP contribution in [0.2, 0.25) is 10.0 Å². The number of phenols is 1. The minimum Gasteiger partial charge on any atom is -0.506 e. The number of benzene rings is 3. The highest BCUT2D eigenvalue weighted by Crippen LogP contribution is 2.30. The van der Waals surface area contributed by atoms with E-state index in [1.54, 1.807) is 6.07 Å². The van der Waals surface area contributed by atoms with E-state index in [0.29, 0.717) is 5.02 Å². The first-order valence-electron chi connectivity index (χ1n) is 8.07. The van der Waals surface area contributed by atoms with Gasteiger partial charge in [0, 0.05) is 10.0 Å². The normalized spacial score (nSPS) is 11.8. The van der Waals surface area contributed by atoms with Crippen LogP contribution in [0, 0.1) is 5.82 Å². The highest BCUT2D eigenvalue weighted by molar-refractivity contribution is 7.93. The molecule has 0 fully saturated rings. The number of hydrogen-bond donors (Lipinski definition) is 3. The van der Waals surface area contributed by atoms with Crippen LogP contribution < -0.4 is 9.44 Å². The monoisotopic (exact) mass is 490 g/mol. The summed E-state index contributed by atoms with van der Waals surface area (Å²) in [4.78, 5) is -1.08. The van der Waals surface area contributed by atoms with Crippen molar-refractivity contribution in [2.24, 2.45) is 0 Å². The van der Waals surface area contributed by atoms with E-state index < -0.39 is 42.2 Å². The number of sulfonamides is 2. The van der Waals surface area contributed by atoms with E-state index in [0.717, 1.165) is 30.3 Å². The standard InChI is InChI=1S/C18H13Cl2FN2O5S2/c19-11-2-1-3-13(8-11)22-29(25,26)14-5-6-17(24)16(10-14)23-30(27,28)18-7-4-12(20)9-15(18)21/h1-10,22-24H. The summed E-state index contributed by atoms with van der Waals surface area (Å²) in [6, 6.07) is 11.8. The lowest BCUT2D eigenvalue weighted by Gasteiger charge is -2.13. The van der Waals surface area contributed by atoms with Crippen molar-refractivity contribution in [3.63, 3.8) is 0 Å². The molecular weight excluding hydrogens is 478 g/mol. The van der Waals surface area contributed by atoms with Gasteiger partial charge in [-0.05, 0) is 54.6 Å². The van der Waals surface area contributed by atoms with Crippen molar-refractivity contribution in [2.45, 2.75) is 9.79 Å². The number of anilines is 2. The first-order valence-corrected chi connectivity index (χ1v) is 11.8. The minimum absolute atomic E-state index is 0.00511. The van der Waals surface area contributed by atoms with Crippen molar-refractivity contribution in [3.05, 3.63) is 76.5 Å². The van der Waals surface area contributed by atoms with Crippen LogP contribution in [0.1, 0.15) is 0 Å². The van der Waals surface area contributed by atoms with Crippen LogP contribution in [-0.4, -0.2) is 21.9 Å². The Morgan fingerprint density at radius 1 is 0.800 bits per heavy atom. The van der Waals surface area contributed by atoms with Gasteiger partial charge < -0.3 is 5.11 Å². The second-order valence-electron chi connectivity index (χ2n) is 5.98. The third kappa shape index (κ3) is 4.96. The summed E-state index contributed by atoms with van der Waals surface area (Å²) in [5.74, 6) is -1.67. The smallest absolute Gasteiger partial charge is 0.264 e. The molecule has 30 heavy (non-hydrogen) atoms. The Balaban J connectivity index is 1.95. The maximum atomic E-state index is 14.0. The van der Waals surface area contributed by atoms with Gasteiger partial charge >= 0.3 is 0 Å². The van der Waals surface area contributed by atoms with Crippen molar-refractivity contribution in [1.29, 1.82) is 0 Å². The zero-order valence-corrected chi connectivity index (χ0v) is 17.9. The number of nitrogens with one attached hydrogen (secondary N) is 2. The van der Waals surface area contributed by atoms with Gasteiger partial charge in [-0.2, -0.15) is 0 Å². The van der Waals surface area contributed by atoms with Crippen LogP contribution in [0.3, 0.4) is 0 Å². The molecule has 0 bridgehead atoms. The zero-order chi connectivity index (χ0) is 22.1. The molecule has 0 saturated carbocycles. The third-order valence-electron chi connectivity index (χ3n) is 3.78. The first kappa shape index (κ1) is 22.2. The van der Waals surface area contributed by atoms with Crippen molar-refractivity contribution >= 4 is 54.6 Å². The largest absolute Gasteiger partial charge is 0.506 e. The van der Waals surface area contributed by atoms with Gasteiger partial charge in [-0.25, -0.2) is 21.2 Å². The molecule has 0 aliphatic heterocycles. The summed E-state index contributed by atoms with van der Waals surface area (Å²) < 4.78 is 68.5. The predicted octanol–water partition coefficient (Wildman–Crippen LogP) is 4.44. The van der Waals surface area contributed by atoms with Gasteiger partial charge in [0.15, 0.2) is 0 Å². The Bertz CT molecular complexity index is 1330. The molecule has 0 heterocycles. The Morgan fingerprint density at radius 2 is 1.50 bits per heavy atom. The molecule has 3 aromatic carbocycles. The molecule has 7 nitrogen and oxygen atoms in total. The Kier molecular flexibility index (Phi) is 6.14. The van der Waals surface area contributed by atoms with E-state index in [4.69, 9.17) is 23.2 Å². The molecule has 12 heteroatoms. The quantitative estimate of drug-likeness (QED) is 0.442. The molecule has 0 saturated heterocycles.